The van der Waals surface area contributed by atoms with Crippen LogP contribution in [0.1, 0.15) is 38.7 Å². The van der Waals surface area contributed by atoms with Gasteiger partial charge in [-0.3, -0.25) is 4.99 Å². The number of rotatable bonds is 8. The van der Waals surface area contributed by atoms with Gasteiger partial charge in [-0.05, 0) is 49.6 Å². The lowest BCUT2D eigenvalue weighted by Gasteiger charge is -2.34. The highest BCUT2D eigenvalue weighted by molar-refractivity contribution is 5.77. The third-order valence-corrected chi connectivity index (χ3v) is 4.67. The first-order valence-electron chi connectivity index (χ1n) is 9.43. The predicted octanol–water partition coefficient (Wildman–Crippen LogP) is 2.89. The van der Waals surface area contributed by atoms with Gasteiger partial charge in [0.15, 0.2) is 5.96 Å². The van der Waals surface area contributed by atoms with Gasteiger partial charge in [0.25, 0.3) is 0 Å². The molecule has 1 heterocycles. The fraction of sp³-hybridized carbons (Fsp3) is 0.650. The molecule has 1 aromatic carbocycles. The van der Waals surface area contributed by atoms with Crippen LogP contribution >= 0.6 is 0 Å². The highest BCUT2D eigenvalue weighted by atomic mass is 15.1. The summed E-state index contributed by atoms with van der Waals surface area (Å²) in [6, 6.07) is 10.4. The molecule has 0 spiro atoms. The highest BCUT2D eigenvalue weighted by Gasteiger charge is 2.20. The van der Waals surface area contributed by atoms with E-state index in [1.807, 2.05) is 6.07 Å². The summed E-state index contributed by atoms with van der Waals surface area (Å²) in [7, 11) is 0. The van der Waals surface area contributed by atoms with E-state index < -0.39 is 0 Å². The molecule has 0 aromatic heterocycles. The quantitative estimate of drug-likeness (QED) is 0.438. The summed E-state index contributed by atoms with van der Waals surface area (Å²) in [5.74, 6) is 2.26. The molecule has 0 bridgehead atoms. The SMILES string of the molecule is CC1CC(C)CN(CCCCN=C(N)NCCc2ccccc2)C1. The largest absolute Gasteiger partial charge is 0.370 e. The Balaban J connectivity index is 1.53. The van der Waals surface area contributed by atoms with E-state index in [0.29, 0.717) is 5.96 Å². The van der Waals surface area contributed by atoms with Crippen molar-refractivity contribution in [3.8, 4) is 0 Å². The summed E-state index contributed by atoms with van der Waals surface area (Å²) in [5.41, 5.74) is 7.25. The Morgan fingerprint density at radius 1 is 1.17 bits per heavy atom. The van der Waals surface area contributed by atoms with Crippen LogP contribution < -0.4 is 11.1 Å². The number of piperidine rings is 1. The van der Waals surface area contributed by atoms with Crippen LogP contribution in [-0.2, 0) is 6.42 Å². The number of benzene rings is 1. The lowest BCUT2D eigenvalue weighted by Crippen LogP contribution is -2.39. The van der Waals surface area contributed by atoms with E-state index in [9.17, 15) is 0 Å². The van der Waals surface area contributed by atoms with Gasteiger partial charge in [-0.1, -0.05) is 44.2 Å². The fourth-order valence-electron chi connectivity index (χ4n) is 3.66. The van der Waals surface area contributed by atoms with Crippen molar-refractivity contribution < 1.29 is 0 Å². The van der Waals surface area contributed by atoms with Crippen LogP contribution in [0.5, 0.6) is 0 Å². The van der Waals surface area contributed by atoms with E-state index in [1.165, 1.54) is 38.0 Å². The Kier molecular flexibility index (Phi) is 8.10. The third-order valence-electron chi connectivity index (χ3n) is 4.67. The molecule has 2 atom stereocenters. The molecule has 0 amide bonds. The molecular weight excluding hydrogens is 296 g/mol. The molecule has 1 fully saturated rings. The standard InChI is InChI=1S/C20H34N4/c1-17-14-18(2)16-24(15-17)13-7-6-11-22-20(21)23-12-10-19-8-4-3-5-9-19/h3-5,8-9,17-18H,6-7,10-16H2,1-2H3,(H3,21,22,23). The molecule has 0 aliphatic carbocycles. The molecule has 4 heteroatoms. The van der Waals surface area contributed by atoms with E-state index in [4.69, 9.17) is 5.73 Å². The van der Waals surface area contributed by atoms with Gasteiger partial charge in [-0.2, -0.15) is 0 Å². The van der Waals surface area contributed by atoms with Crippen molar-refractivity contribution in [2.45, 2.75) is 39.5 Å². The third kappa shape index (κ3) is 7.35. The average Bonchev–Trinajstić information content (AvgIpc) is 2.54. The Morgan fingerprint density at radius 2 is 1.88 bits per heavy atom. The molecule has 1 aromatic rings. The topological polar surface area (TPSA) is 53.6 Å². The number of unbranched alkanes of at least 4 members (excludes halogenated alkanes) is 1. The maximum absolute atomic E-state index is 5.93. The van der Waals surface area contributed by atoms with Crippen molar-refractivity contribution in [2.75, 3.05) is 32.7 Å². The zero-order valence-electron chi connectivity index (χ0n) is 15.4. The van der Waals surface area contributed by atoms with E-state index in [2.05, 4.69) is 53.3 Å². The molecule has 2 unspecified atom stereocenters. The minimum Gasteiger partial charge on any atom is -0.370 e. The number of aliphatic imine (C=N–C) groups is 1. The van der Waals surface area contributed by atoms with Gasteiger partial charge in [0, 0.05) is 26.2 Å². The minimum absolute atomic E-state index is 0.575. The molecule has 0 radical (unpaired) electrons. The Morgan fingerprint density at radius 3 is 2.58 bits per heavy atom. The monoisotopic (exact) mass is 330 g/mol. The van der Waals surface area contributed by atoms with Crippen molar-refractivity contribution in [3.63, 3.8) is 0 Å². The van der Waals surface area contributed by atoms with E-state index >= 15 is 0 Å². The minimum atomic E-state index is 0.575. The molecule has 4 nitrogen and oxygen atoms in total. The number of hydrogen-bond donors (Lipinski definition) is 2. The van der Waals surface area contributed by atoms with Crippen LogP contribution in [0, 0.1) is 11.8 Å². The van der Waals surface area contributed by atoms with Crippen LogP contribution in [0.2, 0.25) is 0 Å². The Labute approximate surface area is 147 Å². The van der Waals surface area contributed by atoms with Crippen molar-refractivity contribution in [1.82, 2.24) is 10.2 Å². The molecule has 0 saturated carbocycles. The van der Waals surface area contributed by atoms with Gasteiger partial charge in [0.1, 0.15) is 0 Å². The zero-order valence-corrected chi connectivity index (χ0v) is 15.4. The summed E-state index contributed by atoms with van der Waals surface area (Å²) in [6.45, 7) is 10.1. The number of nitrogens with one attached hydrogen (secondary N) is 1. The number of nitrogens with two attached hydrogens (primary N) is 1. The molecule has 134 valence electrons. The van der Waals surface area contributed by atoms with Gasteiger partial charge in [-0.15, -0.1) is 0 Å². The molecule has 2 rings (SSSR count). The van der Waals surface area contributed by atoms with Crippen LogP contribution in [0.15, 0.2) is 35.3 Å². The number of likely N-dealkylation sites (tertiary alicyclic amines) is 1. The Bertz CT molecular complexity index is 476. The van der Waals surface area contributed by atoms with E-state index in [0.717, 1.165) is 37.8 Å². The summed E-state index contributed by atoms with van der Waals surface area (Å²) in [6.07, 6.45) is 4.68. The van der Waals surface area contributed by atoms with Crippen molar-refractivity contribution in [2.24, 2.45) is 22.6 Å². The van der Waals surface area contributed by atoms with Crippen LogP contribution in [0.4, 0.5) is 0 Å². The van der Waals surface area contributed by atoms with Crippen LogP contribution in [0.3, 0.4) is 0 Å². The number of guanidine groups is 1. The smallest absolute Gasteiger partial charge is 0.188 e. The first kappa shape index (κ1) is 18.8. The zero-order chi connectivity index (χ0) is 17.2. The maximum Gasteiger partial charge on any atom is 0.188 e. The average molecular weight is 331 g/mol. The van der Waals surface area contributed by atoms with Gasteiger partial charge in [0.05, 0.1) is 0 Å². The highest BCUT2D eigenvalue weighted by Crippen LogP contribution is 2.20. The van der Waals surface area contributed by atoms with Crippen molar-refractivity contribution in [1.29, 1.82) is 0 Å². The first-order valence-corrected chi connectivity index (χ1v) is 9.43. The maximum atomic E-state index is 5.93. The normalized spacial score (nSPS) is 22.5. The molecule has 1 aliphatic rings. The lowest BCUT2D eigenvalue weighted by molar-refractivity contribution is 0.139. The van der Waals surface area contributed by atoms with Crippen LogP contribution in [-0.4, -0.2) is 43.6 Å². The lowest BCUT2D eigenvalue weighted by atomic mass is 9.92. The number of nitrogens with zero attached hydrogens (tertiary/aromatic N) is 2. The molecular formula is C20H34N4. The summed E-state index contributed by atoms with van der Waals surface area (Å²) < 4.78 is 0. The molecule has 1 saturated heterocycles. The van der Waals surface area contributed by atoms with Crippen molar-refractivity contribution in [3.05, 3.63) is 35.9 Å². The Hall–Kier alpha value is -1.55. The molecule has 3 N–H and O–H groups in total. The number of hydrogen-bond acceptors (Lipinski definition) is 2. The van der Waals surface area contributed by atoms with Gasteiger partial charge < -0.3 is 16.0 Å². The van der Waals surface area contributed by atoms with Gasteiger partial charge >= 0.3 is 0 Å². The predicted molar refractivity (Wildman–Crippen MR) is 103 cm³/mol. The summed E-state index contributed by atoms with van der Waals surface area (Å²) in [4.78, 5) is 7.05. The second kappa shape index (κ2) is 10.3. The summed E-state index contributed by atoms with van der Waals surface area (Å²) in [5, 5.41) is 3.20. The van der Waals surface area contributed by atoms with Gasteiger partial charge in [0.2, 0.25) is 0 Å². The van der Waals surface area contributed by atoms with E-state index in [-0.39, 0.29) is 0 Å². The van der Waals surface area contributed by atoms with E-state index in [1.54, 1.807) is 0 Å². The summed E-state index contributed by atoms with van der Waals surface area (Å²) >= 11 is 0. The van der Waals surface area contributed by atoms with Crippen LogP contribution in [0.25, 0.3) is 0 Å². The second-order valence-corrected chi connectivity index (χ2v) is 7.34. The molecule has 1 aliphatic heterocycles. The second-order valence-electron chi connectivity index (χ2n) is 7.34. The molecule has 24 heavy (non-hydrogen) atoms. The fourth-order valence-corrected chi connectivity index (χ4v) is 3.66. The van der Waals surface area contributed by atoms with Gasteiger partial charge in [-0.25, -0.2) is 0 Å². The van der Waals surface area contributed by atoms with Crippen molar-refractivity contribution >= 4 is 5.96 Å². The first-order chi connectivity index (χ1) is 11.6.